The van der Waals surface area contributed by atoms with Gasteiger partial charge in [-0.05, 0) is 50.7 Å². The van der Waals surface area contributed by atoms with Gasteiger partial charge in [0.2, 0.25) is 0 Å². The first kappa shape index (κ1) is 13.8. The van der Waals surface area contributed by atoms with Crippen LogP contribution in [0.15, 0.2) is 0 Å². The molecule has 0 amide bonds. The van der Waals surface area contributed by atoms with E-state index < -0.39 is 0 Å². The molecule has 0 aromatic heterocycles. The molecule has 0 N–H and O–H groups in total. The molecule has 2 atom stereocenters. The summed E-state index contributed by atoms with van der Waals surface area (Å²) in [5.41, 5.74) is 0. The Morgan fingerprint density at radius 2 is 1.94 bits per heavy atom. The van der Waals surface area contributed by atoms with Gasteiger partial charge in [-0.25, -0.2) is 0 Å². The second-order valence-corrected chi connectivity index (χ2v) is 6.75. The van der Waals surface area contributed by atoms with Crippen LogP contribution in [0.3, 0.4) is 0 Å². The van der Waals surface area contributed by atoms with Crippen molar-refractivity contribution in [3.63, 3.8) is 0 Å². The SMILES string of the molecule is CC(C)C(CBr)CN1CCCN2CCCC2C1. The minimum absolute atomic E-state index is 0.789. The Bertz CT molecular complexity index is 232. The van der Waals surface area contributed by atoms with Crippen LogP contribution < -0.4 is 0 Å². The molecule has 0 bridgehead atoms. The Morgan fingerprint density at radius 1 is 1.18 bits per heavy atom. The molecule has 2 heterocycles. The van der Waals surface area contributed by atoms with E-state index in [1.807, 2.05) is 0 Å². The molecular formula is C14H27BrN2. The Hall–Kier alpha value is 0.400. The first-order valence-electron chi connectivity index (χ1n) is 7.23. The number of hydrogen-bond acceptors (Lipinski definition) is 2. The van der Waals surface area contributed by atoms with Gasteiger partial charge < -0.3 is 4.90 Å². The molecule has 2 unspecified atom stereocenters. The van der Waals surface area contributed by atoms with Crippen LogP contribution in [0, 0.1) is 11.8 Å². The average Bonchev–Trinajstić information content (AvgIpc) is 2.64. The zero-order chi connectivity index (χ0) is 12.3. The predicted molar refractivity (Wildman–Crippen MR) is 77.8 cm³/mol. The van der Waals surface area contributed by atoms with Gasteiger partial charge in [0, 0.05) is 24.5 Å². The first-order chi connectivity index (χ1) is 8.20. The Kier molecular flexibility index (Phi) is 5.31. The van der Waals surface area contributed by atoms with E-state index in [9.17, 15) is 0 Å². The molecule has 2 aliphatic rings. The van der Waals surface area contributed by atoms with Crippen LogP contribution in [-0.2, 0) is 0 Å². The van der Waals surface area contributed by atoms with E-state index in [2.05, 4.69) is 39.6 Å². The van der Waals surface area contributed by atoms with Gasteiger partial charge in [0.25, 0.3) is 0 Å². The zero-order valence-corrected chi connectivity index (χ0v) is 13.0. The van der Waals surface area contributed by atoms with Crippen LogP contribution >= 0.6 is 15.9 Å². The van der Waals surface area contributed by atoms with E-state index in [-0.39, 0.29) is 0 Å². The molecule has 3 heteroatoms. The molecule has 0 aromatic rings. The number of alkyl halides is 1. The molecule has 0 saturated carbocycles. The third kappa shape index (κ3) is 3.68. The highest BCUT2D eigenvalue weighted by Crippen LogP contribution is 2.23. The summed E-state index contributed by atoms with van der Waals surface area (Å²) in [6, 6.07) is 0.862. The maximum absolute atomic E-state index is 3.68. The monoisotopic (exact) mass is 302 g/mol. The van der Waals surface area contributed by atoms with Crippen molar-refractivity contribution in [3.8, 4) is 0 Å². The summed E-state index contributed by atoms with van der Waals surface area (Å²) >= 11 is 3.68. The molecule has 2 rings (SSSR count). The molecule has 2 saturated heterocycles. The molecular weight excluding hydrogens is 276 g/mol. The Morgan fingerprint density at radius 3 is 2.65 bits per heavy atom. The summed E-state index contributed by atoms with van der Waals surface area (Å²) in [4.78, 5) is 5.44. The van der Waals surface area contributed by atoms with Crippen molar-refractivity contribution in [2.24, 2.45) is 11.8 Å². The van der Waals surface area contributed by atoms with E-state index in [0.29, 0.717) is 0 Å². The van der Waals surface area contributed by atoms with Gasteiger partial charge in [0.15, 0.2) is 0 Å². The van der Waals surface area contributed by atoms with Crippen molar-refractivity contribution < 1.29 is 0 Å². The van der Waals surface area contributed by atoms with Crippen LogP contribution in [0.2, 0.25) is 0 Å². The smallest absolute Gasteiger partial charge is 0.0223 e. The van der Waals surface area contributed by atoms with Crippen molar-refractivity contribution in [3.05, 3.63) is 0 Å². The molecule has 0 aromatic carbocycles. The fourth-order valence-electron chi connectivity index (χ4n) is 3.22. The summed E-state index contributed by atoms with van der Waals surface area (Å²) in [6.07, 6.45) is 4.21. The fraction of sp³-hybridized carbons (Fsp3) is 1.00. The van der Waals surface area contributed by atoms with Crippen molar-refractivity contribution in [2.75, 3.05) is 38.1 Å². The van der Waals surface area contributed by atoms with E-state index >= 15 is 0 Å². The molecule has 100 valence electrons. The third-order valence-electron chi connectivity index (χ3n) is 4.52. The Labute approximate surface area is 115 Å². The van der Waals surface area contributed by atoms with Crippen LogP contribution in [-0.4, -0.2) is 53.9 Å². The van der Waals surface area contributed by atoms with Crippen molar-refractivity contribution in [2.45, 2.75) is 39.2 Å². The summed E-state index contributed by atoms with van der Waals surface area (Å²) in [7, 11) is 0. The standard InChI is InChI=1S/C14H27BrN2/c1-12(2)13(9-15)10-16-6-4-8-17-7-3-5-14(17)11-16/h12-14H,3-11H2,1-2H3. The lowest BCUT2D eigenvalue weighted by Crippen LogP contribution is -2.39. The Balaban J connectivity index is 1.87. The van der Waals surface area contributed by atoms with Gasteiger partial charge in [0.05, 0.1) is 0 Å². The number of fused-ring (bicyclic) bond motifs is 1. The lowest BCUT2D eigenvalue weighted by atomic mass is 9.97. The summed E-state index contributed by atoms with van der Waals surface area (Å²) < 4.78 is 0. The second kappa shape index (κ2) is 6.53. The summed E-state index contributed by atoms with van der Waals surface area (Å²) in [6.45, 7) is 11.3. The molecule has 2 fully saturated rings. The molecule has 0 spiro atoms. The summed E-state index contributed by atoms with van der Waals surface area (Å²) in [5, 5.41) is 1.15. The number of nitrogens with zero attached hydrogens (tertiary/aromatic N) is 2. The highest BCUT2D eigenvalue weighted by Gasteiger charge is 2.29. The molecule has 2 nitrogen and oxygen atoms in total. The topological polar surface area (TPSA) is 6.48 Å². The zero-order valence-electron chi connectivity index (χ0n) is 11.4. The first-order valence-corrected chi connectivity index (χ1v) is 8.35. The quantitative estimate of drug-likeness (QED) is 0.737. The highest BCUT2D eigenvalue weighted by atomic mass is 79.9. The van der Waals surface area contributed by atoms with Crippen molar-refractivity contribution in [1.82, 2.24) is 9.80 Å². The van der Waals surface area contributed by atoms with Gasteiger partial charge >= 0.3 is 0 Å². The third-order valence-corrected chi connectivity index (χ3v) is 5.35. The van der Waals surface area contributed by atoms with Crippen LogP contribution in [0.1, 0.15) is 33.1 Å². The maximum atomic E-state index is 3.68. The molecule has 0 radical (unpaired) electrons. The lowest BCUT2D eigenvalue weighted by molar-refractivity contribution is 0.189. The van der Waals surface area contributed by atoms with Crippen LogP contribution in [0.4, 0.5) is 0 Å². The fourth-order valence-corrected chi connectivity index (χ4v) is 4.17. The minimum atomic E-state index is 0.789. The molecule has 17 heavy (non-hydrogen) atoms. The van der Waals surface area contributed by atoms with Gasteiger partial charge in [0.1, 0.15) is 0 Å². The largest absolute Gasteiger partial charge is 0.301 e. The van der Waals surface area contributed by atoms with E-state index in [4.69, 9.17) is 0 Å². The predicted octanol–water partition coefficient (Wildman–Crippen LogP) is 2.82. The van der Waals surface area contributed by atoms with Crippen LogP contribution in [0.5, 0.6) is 0 Å². The van der Waals surface area contributed by atoms with E-state index in [1.54, 1.807) is 0 Å². The maximum Gasteiger partial charge on any atom is 0.0223 e. The number of rotatable bonds is 4. The van der Waals surface area contributed by atoms with Gasteiger partial charge in [-0.3, -0.25) is 4.90 Å². The second-order valence-electron chi connectivity index (χ2n) is 6.10. The van der Waals surface area contributed by atoms with Gasteiger partial charge in [-0.2, -0.15) is 0 Å². The van der Waals surface area contributed by atoms with Gasteiger partial charge in [-0.15, -0.1) is 0 Å². The number of hydrogen-bond donors (Lipinski definition) is 0. The number of halogens is 1. The highest BCUT2D eigenvalue weighted by molar-refractivity contribution is 9.09. The van der Waals surface area contributed by atoms with Crippen molar-refractivity contribution in [1.29, 1.82) is 0 Å². The molecule has 0 aliphatic carbocycles. The normalized spacial score (nSPS) is 29.3. The lowest BCUT2D eigenvalue weighted by Gasteiger charge is -2.30. The average molecular weight is 303 g/mol. The van der Waals surface area contributed by atoms with Gasteiger partial charge in [-0.1, -0.05) is 29.8 Å². The summed E-state index contributed by atoms with van der Waals surface area (Å²) in [5.74, 6) is 1.60. The van der Waals surface area contributed by atoms with Crippen molar-refractivity contribution >= 4 is 15.9 Å². The van der Waals surface area contributed by atoms with Crippen LogP contribution in [0.25, 0.3) is 0 Å². The van der Waals surface area contributed by atoms with E-state index in [0.717, 1.165) is 23.2 Å². The molecule has 2 aliphatic heterocycles. The van der Waals surface area contributed by atoms with E-state index in [1.165, 1.54) is 52.0 Å². The minimum Gasteiger partial charge on any atom is -0.301 e.